The fraction of sp³-hybridized carbons (Fsp3) is 0.368. The van der Waals surface area contributed by atoms with Crippen LogP contribution in [0.5, 0.6) is 0 Å². The molecule has 2 aliphatic carbocycles. The molecule has 0 aliphatic heterocycles. The summed E-state index contributed by atoms with van der Waals surface area (Å²) in [6, 6.07) is 17.8. The Labute approximate surface area is 137 Å². The van der Waals surface area contributed by atoms with Gasteiger partial charge in [-0.2, -0.15) is 0 Å². The molecule has 4 atom stereocenters. The van der Waals surface area contributed by atoms with E-state index in [4.69, 9.17) is 0 Å². The molecule has 4 rings (SSSR count). The molecule has 0 aromatic heterocycles. The van der Waals surface area contributed by atoms with Gasteiger partial charge in [-0.25, -0.2) is 8.57 Å². The van der Waals surface area contributed by atoms with Crippen LogP contribution in [0, 0.1) is 5.92 Å². The number of fused-ring (bicyclic) bond motifs is 3. The third kappa shape index (κ3) is 2.24. The molecule has 4 heteroatoms. The lowest BCUT2D eigenvalue weighted by atomic mass is 9.62. The zero-order chi connectivity index (χ0) is 16.1. The molecule has 0 heterocycles. The van der Waals surface area contributed by atoms with Crippen molar-refractivity contribution < 1.29 is 9.32 Å². The summed E-state index contributed by atoms with van der Waals surface area (Å²) in [6.07, 6.45) is 1.57. The lowest BCUT2D eigenvalue weighted by Crippen LogP contribution is -2.55. The summed E-state index contributed by atoms with van der Waals surface area (Å²) < 4.78 is 17.5. The van der Waals surface area contributed by atoms with Crippen LogP contribution in [0.3, 0.4) is 0 Å². The summed E-state index contributed by atoms with van der Waals surface area (Å²) in [7, 11) is -0.980. The predicted molar refractivity (Wildman–Crippen MR) is 92.0 cm³/mol. The molecule has 1 unspecified atom stereocenters. The van der Waals surface area contributed by atoms with Crippen LogP contribution in [0.25, 0.3) is 0 Å². The van der Waals surface area contributed by atoms with Crippen LogP contribution in [0.4, 0.5) is 0 Å². The second-order valence-electron chi connectivity index (χ2n) is 6.70. The first-order chi connectivity index (χ1) is 11.1. The first-order valence-electron chi connectivity index (χ1n) is 8.04. The Morgan fingerprint density at radius 2 is 1.87 bits per heavy atom. The minimum atomic E-state index is -2.58. The van der Waals surface area contributed by atoms with Gasteiger partial charge in [0, 0.05) is 11.9 Å². The molecule has 1 fully saturated rings. The maximum atomic E-state index is 13.3. The van der Waals surface area contributed by atoms with Crippen molar-refractivity contribution in [2.24, 2.45) is 10.3 Å². The minimum absolute atomic E-state index is 0.172. The molecule has 1 saturated carbocycles. The van der Waals surface area contributed by atoms with E-state index < -0.39 is 15.3 Å². The molecule has 2 aromatic carbocycles. The van der Waals surface area contributed by atoms with Crippen LogP contribution < -0.4 is 0 Å². The monoisotopic (exact) mass is 327 g/mol. The van der Waals surface area contributed by atoms with Crippen LogP contribution >= 0.6 is 0 Å². The summed E-state index contributed by atoms with van der Waals surface area (Å²) in [5.41, 5.74) is 1.82. The number of nitrogens with zero attached hydrogens (tertiary/aromatic N) is 1. The number of hydrogen-bond donors (Lipinski definition) is 1. The van der Waals surface area contributed by atoms with Crippen molar-refractivity contribution in [2.45, 2.75) is 29.3 Å². The van der Waals surface area contributed by atoms with E-state index in [0.29, 0.717) is 12.3 Å². The van der Waals surface area contributed by atoms with Crippen molar-refractivity contribution in [2.75, 3.05) is 12.8 Å². The lowest BCUT2D eigenvalue weighted by molar-refractivity contribution is -0.0850. The van der Waals surface area contributed by atoms with E-state index in [0.717, 1.165) is 11.3 Å². The quantitative estimate of drug-likeness (QED) is 0.941. The molecule has 120 valence electrons. The number of hydrogen-bond acceptors (Lipinski definition) is 3. The predicted octanol–water partition coefficient (Wildman–Crippen LogP) is 3.23. The molecule has 3 nitrogen and oxygen atoms in total. The van der Waals surface area contributed by atoms with E-state index in [1.165, 1.54) is 11.1 Å². The van der Waals surface area contributed by atoms with E-state index in [9.17, 15) is 9.32 Å². The summed E-state index contributed by atoms with van der Waals surface area (Å²) in [5.74, 6) is 0.814. The van der Waals surface area contributed by atoms with Gasteiger partial charge in [-0.3, -0.25) is 0 Å². The van der Waals surface area contributed by atoms with Crippen molar-refractivity contribution in [3.8, 4) is 0 Å². The molecular formula is C19H21NO2S. The highest BCUT2D eigenvalue weighted by atomic mass is 32.2. The average molecular weight is 327 g/mol. The minimum Gasteiger partial charge on any atom is -0.389 e. The highest BCUT2D eigenvalue weighted by Crippen LogP contribution is 2.57. The number of benzene rings is 2. The summed E-state index contributed by atoms with van der Waals surface area (Å²) in [4.78, 5) is 0.717. The summed E-state index contributed by atoms with van der Waals surface area (Å²) in [5, 5.41) is 11.1. The average Bonchev–Trinajstić information content (AvgIpc) is 2.90. The van der Waals surface area contributed by atoms with Gasteiger partial charge in [-0.1, -0.05) is 42.5 Å². The zero-order valence-electron chi connectivity index (χ0n) is 13.2. The van der Waals surface area contributed by atoms with Gasteiger partial charge in [0.1, 0.15) is 0 Å². The van der Waals surface area contributed by atoms with Crippen molar-refractivity contribution in [1.29, 1.82) is 0 Å². The van der Waals surface area contributed by atoms with E-state index in [1.54, 1.807) is 7.05 Å². The smallest absolute Gasteiger partial charge is 0.0817 e. The van der Waals surface area contributed by atoms with E-state index in [1.807, 2.05) is 30.3 Å². The van der Waals surface area contributed by atoms with Crippen LogP contribution in [-0.4, -0.2) is 27.7 Å². The van der Waals surface area contributed by atoms with E-state index in [-0.39, 0.29) is 11.7 Å². The van der Waals surface area contributed by atoms with Gasteiger partial charge in [-0.15, -0.1) is 0 Å². The summed E-state index contributed by atoms with van der Waals surface area (Å²) in [6.45, 7) is 0. The van der Waals surface area contributed by atoms with Gasteiger partial charge in [0.2, 0.25) is 0 Å². The molecule has 0 amide bonds. The molecule has 2 aliphatic rings. The van der Waals surface area contributed by atoms with Crippen LogP contribution in [0.2, 0.25) is 0 Å². The number of rotatable bonds is 3. The van der Waals surface area contributed by atoms with Gasteiger partial charge in [0.25, 0.3) is 0 Å². The van der Waals surface area contributed by atoms with Gasteiger partial charge in [-0.05, 0) is 47.9 Å². The molecule has 2 aromatic rings. The van der Waals surface area contributed by atoms with Gasteiger partial charge >= 0.3 is 0 Å². The standard InChI is InChI=1S/C19H21NO2S/c1-20-23(22,15-8-3-2-4-9-15)13-19(21)12-17-16-10-6-5-7-14(16)11-18(17)19/h2-10,17-18,21H,11-13H2,1H3/t17-,18+,19-,23?/m0/s1. The fourth-order valence-corrected chi connectivity index (χ4v) is 6.36. The van der Waals surface area contributed by atoms with Crippen LogP contribution in [0.1, 0.15) is 23.5 Å². The van der Waals surface area contributed by atoms with Gasteiger partial charge in [0.15, 0.2) is 0 Å². The Bertz CT molecular complexity index is 855. The first kappa shape index (κ1) is 14.9. The Morgan fingerprint density at radius 3 is 2.61 bits per heavy atom. The largest absolute Gasteiger partial charge is 0.389 e. The van der Waals surface area contributed by atoms with E-state index >= 15 is 0 Å². The molecule has 0 bridgehead atoms. The Morgan fingerprint density at radius 1 is 1.17 bits per heavy atom. The topological polar surface area (TPSA) is 49.7 Å². The van der Waals surface area contributed by atoms with E-state index in [2.05, 4.69) is 28.6 Å². The summed E-state index contributed by atoms with van der Waals surface area (Å²) >= 11 is 0. The highest BCUT2D eigenvalue weighted by Gasteiger charge is 2.57. The van der Waals surface area contributed by atoms with Gasteiger partial charge in [0.05, 0.1) is 21.1 Å². The Kier molecular flexibility index (Phi) is 3.36. The SMILES string of the molecule is CN=S(=O)(C[C@@]1(O)C[C@H]2c3ccccc3C[C@H]21)c1ccccc1. The van der Waals surface area contributed by atoms with Crippen molar-refractivity contribution in [1.82, 2.24) is 0 Å². The molecule has 1 N–H and O–H groups in total. The number of aliphatic hydroxyl groups is 1. The van der Waals surface area contributed by atoms with Gasteiger partial charge < -0.3 is 5.11 Å². The van der Waals surface area contributed by atoms with Crippen molar-refractivity contribution in [3.05, 3.63) is 65.7 Å². The van der Waals surface area contributed by atoms with Crippen molar-refractivity contribution >= 4 is 9.73 Å². The third-order valence-corrected chi connectivity index (χ3v) is 7.99. The molecule has 0 saturated heterocycles. The maximum absolute atomic E-state index is 13.3. The van der Waals surface area contributed by atoms with Crippen LogP contribution in [-0.2, 0) is 16.1 Å². The first-order valence-corrected chi connectivity index (χ1v) is 9.72. The van der Waals surface area contributed by atoms with Crippen molar-refractivity contribution in [3.63, 3.8) is 0 Å². The maximum Gasteiger partial charge on any atom is 0.0817 e. The highest BCUT2D eigenvalue weighted by molar-refractivity contribution is 7.93. The molecule has 0 spiro atoms. The molecular weight excluding hydrogens is 306 g/mol. The third-order valence-electron chi connectivity index (χ3n) is 5.50. The molecule has 0 radical (unpaired) electrons. The Balaban J connectivity index is 1.63. The second-order valence-corrected chi connectivity index (χ2v) is 9.11. The zero-order valence-corrected chi connectivity index (χ0v) is 14.0. The Hall–Kier alpha value is -1.65. The lowest BCUT2D eigenvalue weighted by Gasteiger charge is -2.49. The normalized spacial score (nSPS) is 30.7. The fourth-order valence-electron chi connectivity index (χ4n) is 4.26. The molecule has 23 heavy (non-hydrogen) atoms. The van der Waals surface area contributed by atoms with Crippen LogP contribution in [0.15, 0.2) is 63.9 Å². The second kappa shape index (κ2) is 5.18.